The van der Waals surface area contributed by atoms with Crippen molar-refractivity contribution in [3.8, 4) is 0 Å². The van der Waals surface area contributed by atoms with Crippen LogP contribution in [0, 0.1) is 5.92 Å². The predicted octanol–water partition coefficient (Wildman–Crippen LogP) is -0.626. The lowest BCUT2D eigenvalue weighted by atomic mass is 10.1. The highest BCUT2D eigenvalue weighted by Gasteiger charge is 2.16. The van der Waals surface area contributed by atoms with Crippen molar-refractivity contribution in [1.29, 1.82) is 0 Å². The van der Waals surface area contributed by atoms with E-state index in [-0.39, 0.29) is 12.0 Å². The third-order valence-corrected chi connectivity index (χ3v) is 2.50. The van der Waals surface area contributed by atoms with Crippen LogP contribution in [0.15, 0.2) is 0 Å². The van der Waals surface area contributed by atoms with Crippen molar-refractivity contribution in [3.63, 3.8) is 0 Å². The van der Waals surface area contributed by atoms with Crippen LogP contribution in [0.25, 0.3) is 0 Å². The van der Waals surface area contributed by atoms with Gasteiger partial charge in [0.05, 0.1) is 13.2 Å². The minimum atomic E-state index is -0.385. The second-order valence-corrected chi connectivity index (χ2v) is 3.77. The Morgan fingerprint density at radius 2 is 2.53 bits per heavy atom. The molecule has 1 fully saturated rings. The van der Waals surface area contributed by atoms with E-state index in [1.165, 1.54) is 7.11 Å². The summed E-state index contributed by atoms with van der Waals surface area (Å²) in [6, 6.07) is 0. The molecule has 0 radical (unpaired) electrons. The number of nitrogens with one attached hydrogen (secondary N) is 2. The molecule has 1 amide bonds. The van der Waals surface area contributed by atoms with E-state index >= 15 is 0 Å². The molecule has 2 atom stereocenters. The fraction of sp³-hybridized carbons (Fsp3) is 0.900. The number of hydrogen-bond acceptors (Lipinski definition) is 4. The number of carbonyl (C=O) groups excluding carboxylic acids is 1. The molecule has 0 saturated carbocycles. The molecule has 2 unspecified atom stereocenters. The normalized spacial score (nSPS) is 24.3. The molecule has 0 bridgehead atoms. The molecule has 1 rings (SSSR count). The molecule has 0 aliphatic carbocycles. The van der Waals surface area contributed by atoms with E-state index in [9.17, 15) is 4.79 Å². The van der Waals surface area contributed by atoms with E-state index in [0.717, 1.165) is 19.7 Å². The van der Waals surface area contributed by atoms with Crippen LogP contribution in [0.3, 0.4) is 0 Å². The maximum Gasteiger partial charge on any atom is 0.248 e. The monoisotopic (exact) mass is 216 g/mol. The molecular weight excluding hydrogens is 196 g/mol. The summed E-state index contributed by atoms with van der Waals surface area (Å²) in [7, 11) is 1.53. The third-order valence-electron chi connectivity index (χ3n) is 2.50. The van der Waals surface area contributed by atoms with E-state index in [1.807, 2.05) is 0 Å². The molecule has 1 aliphatic heterocycles. The highest BCUT2D eigenvalue weighted by Crippen LogP contribution is 1.98. The summed E-state index contributed by atoms with van der Waals surface area (Å²) >= 11 is 0. The minimum Gasteiger partial charge on any atom is -0.380 e. The Labute approximate surface area is 90.5 Å². The van der Waals surface area contributed by atoms with E-state index in [2.05, 4.69) is 10.6 Å². The molecule has 1 saturated heterocycles. The Balaban J connectivity index is 2.20. The van der Waals surface area contributed by atoms with Crippen LogP contribution in [0.4, 0.5) is 0 Å². The summed E-state index contributed by atoms with van der Waals surface area (Å²) in [5, 5.41) is 6.10. The summed E-state index contributed by atoms with van der Waals surface area (Å²) in [4.78, 5) is 11.4. The van der Waals surface area contributed by atoms with Gasteiger partial charge in [-0.15, -0.1) is 0 Å². The highest BCUT2D eigenvalue weighted by molar-refractivity contribution is 5.80. The average molecular weight is 216 g/mol. The smallest absolute Gasteiger partial charge is 0.248 e. The molecule has 5 heteroatoms. The van der Waals surface area contributed by atoms with Crippen LogP contribution in [-0.4, -0.2) is 52.0 Å². The zero-order valence-electron chi connectivity index (χ0n) is 9.41. The van der Waals surface area contributed by atoms with E-state index < -0.39 is 0 Å². The fourth-order valence-corrected chi connectivity index (χ4v) is 1.39. The zero-order valence-corrected chi connectivity index (χ0v) is 9.41. The van der Waals surface area contributed by atoms with E-state index in [4.69, 9.17) is 9.47 Å². The Hall–Kier alpha value is -0.650. The molecule has 1 heterocycles. The van der Waals surface area contributed by atoms with Gasteiger partial charge in [-0.25, -0.2) is 0 Å². The largest absolute Gasteiger partial charge is 0.380 e. The number of amides is 1. The fourth-order valence-electron chi connectivity index (χ4n) is 1.39. The molecule has 15 heavy (non-hydrogen) atoms. The summed E-state index contributed by atoms with van der Waals surface area (Å²) in [5.74, 6) is 0.280. The number of carbonyl (C=O) groups is 1. The molecule has 1 aliphatic rings. The van der Waals surface area contributed by atoms with Gasteiger partial charge in [-0.05, 0) is 6.92 Å². The lowest BCUT2D eigenvalue weighted by Gasteiger charge is -2.16. The Kier molecular flexibility index (Phi) is 5.60. The van der Waals surface area contributed by atoms with Crippen LogP contribution >= 0.6 is 0 Å². The number of hydrogen-bond donors (Lipinski definition) is 2. The topological polar surface area (TPSA) is 59.6 Å². The molecule has 0 spiro atoms. The summed E-state index contributed by atoms with van der Waals surface area (Å²) in [6.45, 7) is 5.60. The first-order valence-electron chi connectivity index (χ1n) is 5.33. The summed E-state index contributed by atoms with van der Waals surface area (Å²) in [5.41, 5.74) is 0. The van der Waals surface area contributed by atoms with Crippen molar-refractivity contribution >= 4 is 5.91 Å². The van der Waals surface area contributed by atoms with Gasteiger partial charge in [0.15, 0.2) is 0 Å². The molecular formula is C10H20N2O3. The Bertz CT molecular complexity index is 191. The van der Waals surface area contributed by atoms with Crippen molar-refractivity contribution < 1.29 is 14.3 Å². The second kappa shape index (κ2) is 6.76. The molecule has 0 aromatic heterocycles. The summed E-state index contributed by atoms with van der Waals surface area (Å²) in [6.07, 6.45) is -0.385. The van der Waals surface area contributed by atoms with Crippen molar-refractivity contribution in [1.82, 2.24) is 10.6 Å². The predicted molar refractivity (Wildman–Crippen MR) is 56.7 cm³/mol. The van der Waals surface area contributed by atoms with Crippen LogP contribution in [-0.2, 0) is 14.3 Å². The molecule has 0 aromatic carbocycles. The standard InChI is InChI=1S/C10H20N2O3/c1-8(14-2)10(13)12-6-9-5-11-3-4-15-7-9/h8-9,11H,3-7H2,1-2H3,(H,12,13). The molecule has 5 nitrogen and oxygen atoms in total. The minimum absolute atomic E-state index is 0.0678. The number of rotatable bonds is 4. The van der Waals surface area contributed by atoms with Crippen molar-refractivity contribution in [2.75, 3.05) is 40.0 Å². The van der Waals surface area contributed by atoms with Crippen LogP contribution in [0.2, 0.25) is 0 Å². The Morgan fingerprint density at radius 1 is 1.73 bits per heavy atom. The highest BCUT2D eigenvalue weighted by atomic mass is 16.5. The average Bonchev–Trinajstić information content (AvgIpc) is 2.53. The van der Waals surface area contributed by atoms with Gasteiger partial charge in [-0.2, -0.15) is 0 Å². The first kappa shape index (κ1) is 12.4. The van der Waals surface area contributed by atoms with Gasteiger partial charge in [0.2, 0.25) is 5.91 Å². The van der Waals surface area contributed by atoms with Crippen molar-refractivity contribution in [2.45, 2.75) is 13.0 Å². The first-order valence-corrected chi connectivity index (χ1v) is 5.33. The maximum atomic E-state index is 11.4. The Morgan fingerprint density at radius 3 is 3.27 bits per heavy atom. The van der Waals surface area contributed by atoms with Gasteiger partial charge in [0, 0.05) is 32.7 Å². The zero-order chi connectivity index (χ0) is 11.1. The first-order chi connectivity index (χ1) is 7.24. The van der Waals surface area contributed by atoms with E-state index in [1.54, 1.807) is 6.92 Å². The van der Waals surface area contributed by atoms with Gasteiger partial charge in [0.1, 0.15) is 6.10 Å². The van der Waals surface area contributed by atoms with Crippen molar-refractivity contribution in [3.05, 3.63) is 0 Å². The van der Waals surface area contributed by atoms with Gasteiger partial charge in [-0.3, -0.25) is 4.79 Å². The third kappa shape index (κ3) is 4.59. The lowest BCUT2D eigenvalue weighted by Crippen LogP contribution is -2.39. The SMILES string of the molecule is COC(C)C(=O)NCC1CNCCOC1. The van der Waals surface area contributed by atoms with Gasteiger partial charge >= 0.3 is 0 Å². The second-order valence-electron chi connectivity index (χ2n) is 3.77. The number of methoxy groups -OCH3 is 1. The van der Waals surface area contributed by atoms with Crippen molar-refractivity contribution in [2.24, 2.45) is 5.92 Å². The van der Waals surface area contributed by atoms with Gasteiger partial charge in [0.25, 0.3) is 0 Å². The maximum absolute atomic E-state index is 11.4. The molecule has 88 valence electrons. The molecule has 0 aromatic rings. The van der Waals surface area contributed by atoms with Gasteiger partial charge < -0.3 is 20.1 Å². The molecule has 2 N–H and O–H groups in total. The van der Waals surface area contributed by atoms with Crippen LogP contribution in [0.1, 0.15) is 6.92 Å². The lowest BCUT2D eigenvalue weighted by molar-refractivity contribution is -0.130. The van der Waals surface area contributed by atoms with Crippen LogP contribution in [0.5, 0.6) is 0 Å². The quantitative estimate of drug-likeness (QED) is 0.657. The number of ether oxygens (including phenoxy) is 2. The summed E-state index contributed by atoms with van der Waals surface area (Å²) < 4.78 is 10.3. The van der Waals surface area contributed by atoms with Gasteiger partial charge in [-0.1, -0.05) is 0 Å². The van der Waals surface area contributed by atoms with Crippen LogP contribution < -0.4 is 10.6 Å². The van der Waals surface area contributed by atoms with E-state index in [0.29, 0.717) is 19.1 Å².